The SMILES string of the molecule is CC1CCN(C(=O)c2ccc(Br)cc2C(F)(F)F)CC1CN. The first-order chi connectivity index (χ1) is 10.2. The van der Waals surface area contributed by atoms with Gasteiger partial charge in [-0.05, 0) is 43.0 Å². The van der Waals surface area contributed by atoms with Crippen LogP contribution in [0.25, 0.3) is 0 Å². The first-order valence-electron chi connectivity index (χ1n) is 7.10. The van der Waals surface area contributed by atoms with Crippen molar-refractivity contribution in [3.8, 4) is 0 Å². The van der Waals surface area contributed by atoms with Gasteiger partial charge >= 0.3 is 6.18 Å². The third-order valence-corrected chi connectivity index (χ3v) is 4.71. The third kappa shape index (κ3) is 3.63. The summed E-state index contributed by atoms with van der Waals surface area (Å²) in [5.41, 5.74) is 4.48. The van der Waals surface area contributed by atoms with Gasteiger partial charge in [-0.15, -0.1) is 0 Å². The number of halogens is 4. The van der Waals surface area contributed by atoms with Gasteiger partial charge in [0, 0.05) is 17.6 Å². The second-order valence-electron chi connectivity index (χ2n) is 5.70. The molecular formula is C15H18BrF3N2O. The predicted molar refractivity (Wildman–Crippen MR) is 81.4 cm³/mol. The maximum absolute atomic E-state index is 13.1. The topological polar surface area (TPSA) is 46.3 Å². The van der Waals surface area contributed by atoms with Crippen molar-refractivity contribution in [2.75, 3.05) is 19.6 Å². The van der Waals surface area contributed by atoms with Crippen LogP contribution in [-0.4, -0.2) is 30.4 Å². The smallest absolute Gasteiger partial charge is 0.338 e. The number of carbonyl (C=O) groups excluding carboxylic acids is 1. The normalized spacial score (nSPS) is 22.7. The summed E-state index contributed by atoms with van der Waals surface area (Å²) >= 11 is 3.02. The van der Waals surface area contributed by atoms with Crippen molar-refractivity contribution in [2.24, 2.45) is 17.6 Å². The molecule has 0 spiro atoms. The van der Waals surface area contributed by atoms with E-state index in [-0.39, 0.29) is 11.5 Å². The lowest BCUT2D eigenvalue weighted by Crippen LogP contribution is -2.45. The van der Waals surface area contributed by atoms with Crippen molar-refractivity contribution >= 4 is 21.8 Å². The maximum Gasteiger partial charge on any atom is 0.417 e. The van der Waals surface area contributed by atoms with Crippen LogP contribution in [0.4, 0.5) is 13.2 Å². The van der Waals surface area contributed by atoms with Crippen molar-refractivity contribution in [1.29, 1.82) is 0 Å². The summed E-state index contributed by atoms with van der Waals surface area (Å²) in [7, 11) is 0. The molecular weight excluding hydrogens is 361 g/mol. The van der Waals surface area contributed by atoms with Gasteiger partial charge in [-0.3, -0.25) is 4.79 Å². The van der Waals surface area contributed by atoms with Gasteiger partial charge in [0.1, 0.15) is 0 Å². The van der Waals surface area contributed by atoms with Gasteiger partial charge in [0.05, 0.1) is 11.1 Å². The molecule has 3 nitrogen and oxygen atoms in total. The zero-order valence-electron chi connectivity index (χ0n) is 12.2. The highest BCUT2D eigenvalue weighted by atomic mass is 79.9. The largest absolute Gasteiger partial charge is 0.417 e. The molecule has 7 heteroatoms. The quantitative estimate of drug-likeness (QED) is 0.855. The minimum atomic E-state index is -4.56. The highest BCUT2D eigenvalue weighted by Gasteiger charge is 2.37. The zero-order valence-corrected chi connectivity index (χ0v) is 13.7. The summed E-state index contributed by atoms with van der Waals surface area (Å²) in [5, 5.41) is 0. The molecule has 1 amide bonds. The molecule has 1 aliphatic rings. The molecule has 1 saturated heterocycles. The van der Waals surface area contributed by atoms with Crippen molar-refractivity contribution < 1.29 is 18.0 Å². The molecule has 1 aliphatic heterocycles. The van der Waals surface area contributed by atoms with Gasteiger partial charge in [-0.2, -0.15) is 13.2 Å². The molecule has 1 heterocycles. The van der Waals surface area contributed by atoms with Crippen molar-refractivity contribution in [2.45, 2.75) is 19.5 Å². The molecule has 2 rings (SSSR count). The molecule has 1 aromatic carbocycles. The monoisotopic (exact) mass is 378 g/mol. The maximum atomic E-state index is 13.1. The van der Waals surface area contributed by atoms with Crippen molar-refractivity contribution in [3.63, 3.8) is 0 Å². The Kier molecular flexibility index (Phi) is 5.17. The fourth-order valence-electron chi connectivity index (χ4n) is 2.75. The molecule has 0 bridgehead atoms. The van der Waals surface area contributed by atoms with Gasteiger partial charge < -0.3 is 10.6 Å². The van der Waals surface area contributed by atoms with Gasteiger partial charge in [0.25, 0.3) is 5.91 Å². The summed E-state index contributed by atoms with van der Waals surface area (Å²) < 4.78 is 39.7. The summed E-state index contributed by atoms with van der Waals surface area (Å²) in [4.78, 5) is 14.0. The number of piperidine rings is 1. The van der Waals surface area contributed by atoms with E-state index < -0.39 is 17.6 Å². The summed E-state index contributed by atoms with van der Waals surface area (Å²) in [6, 6.07) is 3.63. The second-order valence-corrected chi connectivity index (χ2v) is 6.62. The van der Waals surface area contributed by atoms with E-state index in [1.807, 2.05) is 0 Å². The molecule has 2 unspecified atom stereocenters. The molecule has 0 saturated carbocycles. The fraction of sp³-hybridized carbons (Fsp3) is 0.533. The van der Waals surface area contributed by atoms with E-state index >= 15 is 0 Å². The van der Waals surface area contributed by atoms with Crippen LogP contribution in [0.3, 0.4) is 0 Å². The summed E-state index contributed by atoms with van der Waals surface area (Å²) in [6.07, 6.45) is -3.81. The lowest BCUT2D eigenvalue weighted by Gasteiger charge is -2.37. The Morgan fingerprint density at radius 1 is 1.45 bits per heavy atom. The number of rotatable bonds is 2. The van der Waals surface area contributed by atoms with Crippen LogP contribution >= 0.6 is 15.9 Å². The predicted octanol–water partition coefficient (Wildman–Crippen LogP) is 3.52. The number of hydrogen-bond donors (Lipinski definition) is 1. The lowest BCUT2D eigenvalue weighted by molar-refractivity contribution is -0.138. The number of benzene rings is 1. The molecule has 22 heavy (non-hydrogen) atoms. The Labute approximate surface area is 135 Å². The number of carbonyl (C=O) groups is 1. The van der Waals surface area contributed by atoms with E-state index in [0.29, 0.717) is 30.0 Å². The lowest BCUT2D eigenvalue weighted by atomic mass is 9.87. The zero-order chi connectivity index (χ0) is 16.5. The number of alkyl halides is 3. The first-order valence-corrected chi connectivity index (χ1v) is 7.89. The third-order valence-electron chi connectivity index (χ3n) is 4.22. The van der Waals surface area contributed by atoms with Gasteiger partial charge in [0.15, 0.2) is 0 Å². The number of amides is 1. The molecule has 1 fully saturated rings. The van der Waals surface area contributed by atoms with E-state index in [2.05, 4.69) is 22.9 Å². The van der Waals surface area contributed by atoms with Crippen molar-refractivity contribution in [3.05, 3.63) is 33.8 Å². The van der Waals surface area contributed by atoms with Crippen LogP contribution in [0.1, 0.15) is 29.3 Å². The minimum absolute atomic E-state index is 0.127. The number of likely N-dealkylation sites (tertiary alicyclic amines) is 1. The van der Waals surface area contributed by atoms with Gasteiger partial charge in [-0.1, -0.05) is 22.9 Å². The molecule has 0 radical (unpaired) electrons. The van der Waals surface area contributed by atoms with Crippen LogP contribution < -0.4 is 5.73 Å². The van der Waals surface area contributed by atoms with Crippen LogP contribution in [-0.2, 0) is 6.18 Å². The standard InChI is InChI=1S/C15H18BrF3N2O/c1-9-4-5-21(8-10(9)7-20)14(22)12-3-2-11(16)6-13(12)15(17,18)19/h2-3,6,9-10H,4-5,7-8,20H2,1H3. The van der Waals surface area contributed by atoms with Gasteiger partial charge in [0.2, 0.25) is 0 Å². The number of hydrogen-bond acceptors (Lipinski definition) is 2. The fourth-order valence-corrected chi connectivity index (χ4v) is 3.11. The Balaban J connectivity index is 2.30. The molecule has 2 atom stereocenters. The molecule has 0 aromatic heterocycles. The average Bonchev–Trinajstić information content (AvgIpc) is 2.46. The Hall–Kier alpha value is -1.08. The first kappa shape index (κ1) is 17.3. The molecule has 1 aromatic rings. The number of nitrogens with two attached hydrogens (primary N) is 1. The van der Waals surface area contributed by atoms with Crippen molar-refractivity contribution in [1.82, 2.24) is 4.90 Å². The molecule has 0 aliphatic carbocycles. The number of nitrogens with zero attached hydrogens (tertiary/aromatic N) is 1. The van der Waals surface area contributed by atoms with E-state index in [4.69, 9.17) is 5.73 Å². The van der Waals surface area contributed by atoms with Crippen LogP contribution in [0.2, 0.25) is 0 Å². The van der Waals surface area contributed by atoms with E-state index in [0.717, 1.165) is 12.5 Å². The Bertz CT molecular complexity index is 562. The van der Waals surface area contributed by atoms with Crippen LogP contribution in [0.5, 0.6) is 0 Å². The van der Waals surface area contributed by atoms with E-state index in [1.165, 1.54) is 17.0 Å². The van der Waals surface area contributed by atoms with E-state index in [1.54, 1.807) is 0 Å². The van der Waals surface area contributed by atoms with E-state index in [9.17, 15) is 18.0 Å². The van der Waals surface area contributed by atoms with Crippen LogP contribution in [0.15, 0.2) is 22.7 Å². The van der Waals surface area contributed by atoms with Gasteiger partial charge in [-0.25, -0.2) is 0 Å². The highest BCUT2D eigenvalue weighted by Crippen LogP contribution is 2.35. The summed E-state index contributed by atoms with van der Waals surface area (Å²) in [6.45, 7) is 3.35. The average molecular weight is 379 g/mol. The second kappa shape index (κ2) is 6.58. The minimum Gasteiger partial charge on any atom is -0.338 e. The summed E-state index contributed by atoms with van der Waals surface area (Å²) in [5.74, 6) is -0.0753. The highest BCUT2D eigenvalue weighted by molar-refractivity contribution is 9.10. The molecule has 2 N–H and O–H groups in total. The Morgan fingerprint density at radius 2 is 2.14 bits per heavy atom. The molecule has 122 valence electrons. The Morgan fingerprint density at radius 3 is 2.73 bits per heavy atom. The van der Waals surface area contributed by atoms with Crippen LogP contribution in [0, 0.1) is 11.8 Å².